The summed E-state index contributed by atoms with van der Waals surface area (Å²) < 4.78 is 54.9. The van der Waals surface area contributed by atoms with Crippen molar-refractivity contribution in [2.24, 2.45) is 0 Å². The maximum absolute atomic E-state index is 13.2. The van der Waals surface area contributed by atoms with Crippen LogP contribution in [-0.4, -0.2) is 44.6 Å². The zero-order valence-corrected chi connectivity index (χ0v) is 20.9. The maximum atomic E-state index is 13.2. The van der Waals surface area contributed by atoms with Crippen LogP contribution in [0.15, 0.2) is 53.1 Å². The fraction of sp³-hybridized carbons (Fsp3) is 0.280. The van der Waals surface area contributed by atoms with Crippen LogP contribution in [0.3, 0.4) is 0 Å². The Balaban J connectivity index is 1.50. The number of hydrogen-bond donors (Lipinski definition) is 1. The van der Waals surface area contributed by atoms with Crippen molar-refractivity contribution in [1.29, 1.82) is 0 Å². The third-order valence-corrected chi connectivity index (χ3v) is 6.33. The average molecular weight is 566 g/mol. The highest BCUT2D eigenvalue weighted by molar-refractivity contribution is 9.10. The van der Waals surface area contributed by atoms with Crippen molar-refractivity contribution in [2.45, 2.75) is 12.6 Å². The van der Waals surface area contributed by atoms with Gasteiger partial charge in [-0.2, -0.15) is 13.2 Å². The molecule has 1 aliphatic rings. The largest absolute Gasteiger partial charge is 0.465 e. The summed E-state index contributed by atoms with van der Waals surface area (Å²) in [6.07, 6.45) is -2.44. The molecule has 0 saturated carbocycles. The molecule has 2 N–H and O–H groups in total. The number of alkyl halides is 3. The third kappa shape index (κ3) is 5.63. The smallest absolute Gasteiger partial charge is 0.416 e. The van der Waals surface area contributed by atoms with E-state index in [4.69, 9.17) is 19.9 Å². The number of halogens is 4. The topological polar surface area (TPSA) is 86.9 Å². The standard InChI is InChI=1S/C25H23BrF3N3O4/c1-34-8-9-35-14-36-23-5-3-17(12-21(23)30)32-7-6-15-10-22(31-13-19(15)24(32)33)18-4-2-16(11-20(18)26)25(27,28)29/h2-5,10-13H,6-9,14,30H2,1H3. The number of pyridine rings is 1. The first-order valence-electron chi connectivity index (χ1n) is 11.0. The molecule has 36 heavy (non-hydrogen) atoms. The first-order valence-corrected chi connectivity index (χ1v) is 11.7. The number of ether oxygens (including phenoxy) is 3. The second-order valence-electron chi connectivity index (χ2n) is 8.01. The zero-order chi connectivity index (χ0) is 25.9. The summed E-state index contributed by atoms with van der Waals surface area (Å²) in [5, 5.41) is 0. The van der Waals surface area contributed by atoms with Crippen molar-refractivity contribution >= 4 is 33.2 Å². The highest BCUT2D eigenvalue weighted by Gasteiger charge is 2.31. The second kappa shape index (κ2) is 10.9. The molecule has 0 atom stereocenters. The monoisotopic (exact) mass is 565 g/mol. The first kappa shape index (κ1) is 25.9. The van der Waals surface area contributed by atoms with Gasteiger partial charge in [-0.3, -0.25) is 9.78 Å². The molecule has 0 saturated heterocycles. The molecule has 190 valence electrons. The number of carbonyl (C=O) groups is 1. The number of benzene rings is 2. The molecule has 7 nitrogen and oxygen atoms in total. The number of hydrogen-bond acceptors (Lipinski definition) is 6. The second-order valence-corrected chi connectivity index (χ2v) is 8.87. The van der Waals surface area contributed by atoms with Crippen molar-refractivity contribution in [3.8, 4) is 17.0 Å². The van der Waals surface area contributed by atoms with Gasteiger partial charge < -0.3 is 24.8 Å². The molecule has 3 aromatic rings. The van der Waals surface area contributed by atoms with Crippen LogP contribution in [0.1, 0.15) is 21.5 Å². The Kier molecular flexibility index (Phi) is 7.82. The molecule has 1 amide bonds. The van der Waals surface area contributed by atoms with Crippen LogP contribution >= 0.6 is 15.9 Å². The SMILES string of the molecule is COCCOCOc1ccc(N2CCc3cc(-c4ccc(C(F)(F)F)cc4Br)ncc3C2=O)cc1N. The number of rotatable bonds is 8. The molecule has 2 heterocycles. The molecule has 1 aromatic heterocycles. The van der Waals surface area contributed by atoms with Crippen LogP contribution in [-0.2, 0) is 22.1 Å². The Labute approximate surface area is 214 Å². The predicted octanol–water partition coefficient (Wildman–Crippen LogP) is 5.31. The van der Waals surface area contributed by atoms with Gasteiger partial charge in [0.15, 0.2) is 6.79 Å². The summed E-state index contributed by atoms with van der Waals surface area (Å²) in [5.41, 5.74) is 8.53. The minimum absolute atomic E-state index is 0.0198. The van der Waals surface area contributed by atoms with Crippen molar-refractivity contribution in [1.82, 2.24) is 4.98 Å². The van der Waals surface area contributed by atoms with E-state index in [0.29, 0.717) is 60.1 Å². The number of amides is 1. The van der Waals surface area contributed by atoms with E-state index in [0.717, 1.165) is 17.7 Å². The summed E-state index contributed by atoms with van der Waals surface area (Å²) in [6.45, 7) is 1.27. The van der Waals surface area contributed by atoms with E-state index in [2.05, 4.69) is 20.9 Å². The third-order valence-electron chi connectivity index (χ3n) is 5.68. The predicted molar refractivity (Wildman–Crippen MR) is 132 cm³/mol. The normalized spacial score (nSPS) is 13.6. The van der Waals surface area contributed by atoms with E-state index < -0.39 is 11.7 Å². The Bertz CT molecular complexity index is 1270. The Morgan fingerprint density at radius 2 is 1.92 bits per heavy atom. The van der Waals surface area contributed by atoms with E-state index in [1.165, 1.54) is 12.3 Å². The number of nitrogens with zero attached hydrogens (tertiary/aromatic N) is 2. The Morgan fingerprint density at radius 1 is 1.11 bits per heavy atom. The van der Waals surface area contributed by atoms with Crippen LogP contribution in [0.5, 0.6) is 5.75 Å². The fourth-order valence-corrected chi connectivity index (χ4v) is 4.39. The van der Waals surface area contributed by atoms with Gasteiger partial charge in [0.2, 0.25) is 0 Å². The van der Waals surface area contributed by atoms with Gasteiger partial charge in [0.1, 0.15) is 5.75 Å². The van der Waals surface area contributed by atoms with Gasteiger partial charge >= 0.3 is 6.18 Å². The highest BCUT2D eigenvalue weighted by atomic mass is 79.9. The summed E-state index contributed by atoms with van der Waals surface area (Å²) in [7, 11) is 1.58. The minimum atomic E-state index is -4.44. The summed E-state index contributed by atoms with van der Waals surface area (Å²) in [4.78, 5) is 19.2. The average Bonchev–Trinajstić information content (AvgIpc) is 2.84. The molecule has 11 heteroatoms. The lowest BCUT2D eigenvalue weighted by molar-refractivity contribution is -0.137. The van der Waals surface area contributed by atoms with Gasteiger partial charge in [-0.25, -0.2) is 0 Å². The number of nitrogen functional groups attached to an aromatic ring is 1. The molecule has 0 spiro atoms. The van der Waals surface area contributed by atoms with Gasteiger partial charge in [-0.05, 0) is 48.4 Å². The van der Waals surface area contributed by atoms with Crippen LogP contribution < -0.4 is 15.4 Å². The van der Waals surface area contributed by atoms with E-state index in [9.17, 15) is 18.0 Å². The number of carbonyl (C=O) groups excluding carboxylic acids is 1. The maximum Gasteiger partial charge on any atom is 0.416 e. The molecular weight excluding hydrogens is 543 g/mol. The Hall–Kier alpha value is -3.15. The molecule has 0 fully saturated rings. The highest BCUT2D eigenvalue weighted by Crippen LogP contribution is 2.36. The minimum Gasteiger partial charge on any atom is -0.465 e. The van der Waals surface area contributed by atoms with Gasteiger partial charge in [-0.1, -0.05) is 22.0 Å². The molecule has 0 radical (unpaired) electrons. The molecular formula is C25H23BrF3N3O4. The first-order chi connectivity index (χ1) is 17.2. The lowest BCUT2D eigenvalue weighted by Crippen LogP contribution is -2.37. The Morgan fingerprint density at radius 3 is 2.61 bits per heavy atom. The molecule has 4 rings (SSSR count). The summed E-state index contributed by atoms with van der Waals surface area (Å²) in [6, 6.07) is 10.2. The van der Waals surface area contributed by atoms with E-state index in [1.807, 2.05) is 0 Å². The van der Waals surface area contributed by atoms with Crippen LogP contribution in [0, 0.1) is 0 Å². The number of nitrogens with two attached hydrogens (primary N) is 1. The van der Waals surface area contributed by atoms with E-state index in [-0.39, 0.29) is 17.2 Å². The summed E-state index contributed by atoms with van der Waals surface area (Å²) >= 11 is 3.21. The lowest BCUT2D eigenvalue weighted by Gasteiger charge is -2.29. The van der Waals surface area contributed by atoms with Crippen molar-refractivity contribution < 1.29 is 32.2 Å². The fourth-order valence-electron chi connectivity index (χ4n) is 3.81. The van der Waals surface area contributed by atoms with Gasteiger partial charge in [0, 0.05) is 35.6 Å². The quantitative estimate of drug-likeness (QED) is 0.226. The van der Waals surface area contributed by atoms with Gasteiger partial charge in [-0.15, -0.1) is 0 Å². The van der Waals surface area contributed by atoms with Crippen molar-refractivity contribution in [3.05, 3.63) is 69.8 Å². The zero-order valence-electron chi connectivity index (χ0n) is 19.3. The molecule has 0 unspecified atom stereocenters. The van der Waals surface area contributed by atoms with E-state index in [1.54, 1.807) is 36.3 Å². The molecule has 1 aliphatic heterocycles. The number of aromatic nitrogens is 1. The van der Waals surface area contributed by atoms with Gasteiger partial charge in [0.05, 0.1) is 35.7 Å². The molecule has 2 aromatic carbocycles. The van der Waals surface area contributed by atoms with Crippen LogP contribution in [0.2, 0.25) is 0 Å². The van der Waals surface area contributed by atoms with Crippen molar-refractivity contribution in [2.75, 3.05) is 44.3 Å². The van der Waals surface area contributed by atoms with E-state index >= 15 is 0 Å². The number of methoxy groups -OCH3 is 1. The number of fused-ring (bicyclic) bond motifs is 1. The number of anilines is 2. The van der Waals surface area contributed by atoms with Crippen LogP contribution in [0.4, 0.5) is 24.5 Å². The van der Waals surface area contributed by atoms with Gasteiger partial charge in [0.25, 0.3) is 5.91 Å². The summed E-state index contributed by atoms with van der Waals surface area (Å²) in [5.74, 6) is 0.201. The van der Waals surface area contributed by atoms with Crippen LogP contribution in [0.25, 0.3) is 11.3 Å². The molecule has 0 bridgehead atoms. The lowest BCUT2D eigenvalue weighted by atomic mass is 9.97. The molecule has 0 aliphatic carbocycles. The van der Waals surface area contributed by atoms with Crippen molar-refractivity contribution in [3.63, 3.8) is 0 Å².